The number of halogens is 3. The van der Waals surface area contributed by atoms with Crippen molar-refractivity contribution >= 4 is 0 Å². The van der Waals surface area contributed by atoms with Gasteiger partial charge in [-0.25, -0.2) is 0 Å². The third-order valence-electron chi connectivity index (χ3n) is 4.33. The van der Waals surface area contributed by atoms with Crippen molar-refractivity contribution in [3.05, 3.63) is 35.4 Å². The molecule has 1 N–H and O–H groups in total. The van der Waals surface area contributed by atoms with Gasteiger partial charge in [0.15, 0.2) is 0 Å². The summed E-state index contributed by atoms with van der Waals surface area (Å²) in [6, 6.07) is 6.03. The second-order valence-corrected chi connectivity index (χ2v) is 5.71. The Balaban J connectivity index is 2.28. The first kappa shape index (κ1) is 16.3. The van der Waals surface area contributed by atoms with E-state index in [1.165, 1.54) is 12.1 Å². The van der Waals surface area contributed by atoms with Gasteiger partial charge in [-0.15, -0.1) is 0 Å². The van der Waals surface area contributed by atoms with Crippen LogP contribution in [-0.4, -0.2) is 31.1 Å². The van der Waals surface area contributed by atoms with E-state index >= 15 is 0 Å². The first-order valence-electron chi connectivity index (χ1n) is 7.51. The lowest BCUT2D eigenvalue weighted by Crippen LogP contribution is -2.46. The minimum Gasteiger partial charge on any atom is -0.318 e. The second-order valence-electron chi connectivity index (χ2n) is 5.71. The summed E-state index contributed by atoms with van der Waals surface area (Å²) in [6.45, 7) is 3.57. The molecule has 0 aromatic heterocycles. The van der Waals surface area contributed by atoms with Crippen LogP contribution in [0.3, 0.4) is 0 Å². The number of nitrogens with zero attached hydrogens (tertiary/aromatic N) is 1. The van der Waals surface area contributed by atoms with Crippen molar-refractivity contribution in [3.8, 4) is 0 Å². The summed E-state index contributed by atoms with van der Waals surface area (Å²) in [7, 11) is 1.89. The molecular weight excluding hydrogens is 277 g/mol. The minimum atomic E-state index is -4.29. The number of benzene rings is 1. The number of alkyl halides is 3. The van der Waals surface area contributed by atoms with E-state index in [1.807, 2.05) is 14.0 Å². The zero-order valence-electron chi connectivity index (χ0n) is 12.6. The molecule has 2 rings (SSSR count). The predicted octanol–water partition coefficient (Wildman–Crippen LogP) is 3.84. The average Bonchev–Trinajstić information content (AvgIpc) is 2.46. The van der Waals surface area contributed by atoms with Crippen LogP contribution in [0.4, 0.5) is 13.2 Å². The SMILES string of the molecule is CNCC1CCCCN1C(C)c1ccccc1C(F)(F)F. The Hall–Kier alpha value is -1.07. The quantitative estimate of drug-likeness (QED) is 0.909. The fourth-order valence-corrected chi connectivity index (χ4v) is 3.29. The van der Waals surface area contributed by atoms with Crippen LogP contribution in [0.25, 0.3) is 0 Å². The standard InChI is InChI=1S/C16H23F3N2/c1-12(21-10-6-5-7-13(21)11-20-2)14-8-3-4-9-15(14)16(17,18)19/h3-4,8-9,12-13,20H,5-7,10-11H2,1-2H3. The van der Waals surface area contributed by atoms with E-state index in [0.717, 1.165) is 32.4 Å². The van der Waals surface area contributed by atoms with Gasteiger partial charge >= 0.3 is 6.18 Å². The summed E-state index contributed by atoms with van der Waals surface area (Å²) < 4.78 is 39.6. The number of likely N-dealkylation sites (tertiary alicyclic amines) is 1. The highest BCUT2D eigenvalue weighted by molar-refractivity contribution is 5.32. The number of piperidine rings is 1. The predicted molar refractivity (Wildman–Crippen MR) is 78.1 cm³/mol. The molecule has 0 radical (unpaired) electrons. The first-order chi connectivity index (χ1) is 9.95. The number of likely N-dealkylation sites (N-methyl/N-ethyl adjacent to an activating group) is 1. The number of hydrogen-bond donors (Lipinski definition) is 1. The summed E-state index contributed by atoms with van der Waals surface area (Å²) in [5.74, 6) is 0. The number of rotatable bonds is 4. The Morgan fingerprint density at radius 3 is 2.67 bits per heavy atom. The van der Waals surface area contributed by atoms with E-state index in [-0.39, 0.29) is 6.04 Å². The Labute approximate surface area is 124 Å². The van der Waals surface area contributed by atoms with Crippen molar-refractivity contribution in [3.63, 3.8) is 0 Å². The summed E-state index contributed by atoms with van der Waals surface area (Å²) in [6.07, 6.45) is -1.05. The van der Waals surface area contributed by atoms with E-state index in [9.17, 15) is 13.2 Å². The minimum absolute atomic E-state index is 0.221. The molecule has 0 saturated carbocycles. The van der Waals surface area contributed by atoms with Crippen molar-refractivity contribution < 1.29 is 13.2 Å². The Bertz CT molecular complexity index is 457. The van der Waals surface area contributed by atoms with E-state index in [1.54, 1.807) is 12.1 Å². The maximum absolute atomic E-state index is 13.2. The summed E-state index contributed by atoms with van der Waals surface area (Å²) in [4.78, 5) is 2.21. The van der Waals surface area contributed by atoms with Crippen LogP contribution < -0.4 is 5.32 Å². The molecule has 1 fully saturated rings. The smallest absolute Gasteiger partial charge is 0.318 e. The molecule has 1 heterocycles. The average molecular weight is 300 g/mol. The van der Waals surface area contributed by atoms with Gasteiger partial charge in [-0.3, -0.25) is 4.90 Å². The molecule has 2 atom stereocenters. The van der Waals surface area contributed by atoms with Gasteiger partial charge in [0.2, 0.25) is 0 Å². The molecule has 2 nitrogen and oxygen atoms in total. The molecule has 1 aliphatic heterocycles. The molecule has 5 heteroatoms. The molecule has 0 aliphatic carbocycles. The van der Waals surface area contributed by atoms with Crippen molar-refractivity contribution in [1.82, 2.24) is 10.2 Å². The molecule has 21 heavy (non-hydrogen) atoms. The molecule has 0 amide bonds. The summed E-state index contributed by atoms with van der Waals surface area (Å²) in [5, 5.41) is 3.15. The van der Waals surface area contributed by atoms with Crippen LogP contribution in [0.15, 0.2) is 24.3 Å². The third-order valence-corrected chi connectivity index (χ3v) is 4.33. The van der Waals surface area contributed by atoms with Gasteiger partial charge in [0.25, 0.3) is 0 Å². The van der Waals surface area contributed by atoms with Crippen molar-refractivity contribution in [1.29, 1.82) is 0 Å². The van der Waals surface area contributed by atoms with E-state index < -0.39 is 11.7 Å². The van der Waals surface area contributed by atoms with Gasteiger partial charge < -0.3 is 5.32 Å². The zero-order chi connectivity index (χ0) is 15.5. The fourth-order valence-electron chi connectivity index (χ4n) is 3.29. The summed E-state index contributed by atoms with van der Waals surface area (Å²) >= 11 is 0. The highest BCUT2D eigenvalue weighted by Gasteiger charge is 2.36. The van der Waals surface area contributed by atoms with Gasteiger partial charge in [-0.2, -0.15) is 13.2 Å². The van der Waals surface area contributed by atoms with Crippen LogP contribution in [-0.2, 0) is 6.18 Å². The topological polar surface area (TPSA) is 15.3 Å². The van der Waals surface area contributed by atoms with Crippen molar-refractivity contribution in [2.45, 2.75) is 44.4 Å². The maximum atomic E-state index is 13.2. The normalized spacial score (nSPS) is 22.2. The molecule has 1 aromatic rings. The van der Waals surface area contributed by atoms with Gasteiger partial charge in [-0.05, 0) is 45.0 Å². The van der Waals surface area contributed by atoms with Crippen molar-refractivity contribution in [2.75, 3.05) is 20.1 Å². The lowest BCUT2D eigenvalue weighted by molar-refractivity contribution is -0.138. The molecule has 118 valence electrons. The van der Waals surface area contributed by atoms with Crippen LogP contribution in [0.1, 0.15) is 43.4 Å². The largest absolute Gasteiger partial charge is 0.416 e. The molecule has 1 aliphatic rings. The monoisotopic (exact) mass is 300 g/mol. The Morgan fingerprint density at radius 2 is 2.00 bits per heavy atom. The van der Waals surface area contributed by atoms with Crippen LogP contribution >= 0.6 is 0 Å². The fraction of sp³-hybridized carbons (Fsp3) is 0.625. The van der Waals surface area contributed by atoms with Crippen molar-refractivity contribution in [2.24, 2.45) is 0 Å². The zero-order valence-corrected chi connectivity index (χ0v) is 12.6. The van der Waals surface area contributed by atoms with E-state index in [0.29, 0.717) is 11.6 Å². The lowest BCUT2D eigenvalue weighted by Gasteiger charge is -2.40. The van der Waals surface area contributed by atoms with E-state index in [4.69, 9.17) is 0 Å². The molecule has 0 spiro atoms. The molecular formula is C16H23F3N2. The highest BCUT2D eigenvalue weighted by Crippen LogP contribution is 2.37. The van der Waals surface area contributed by atoms with Gasteiger partial charge in [-0.1, -0.05) is 24.6 Å². The molecule has 1 aromatic carbocycles. The summed E-state index contributed by atoms with van der Waals surface area (Å²) in [5.41, 5.74) is -0.126. The van der Waals surface area contributed by atoms with E-state index in [2.05, 4.69) is 10.2 Å². The second kappa shape index (κ2) is 6.79. The molecule has 0 bridgehead atoms. The van der Waals surface area contributed by atoms with Gasteiger partial charge in [0.1, 0.15) is 0 Å². The molecule has 2 unspecified atom stereocenters. The Morgan fingerprint density at radius 1 is 1.29 bits per heavy atom. The van der Waals surface area contributed by atoms with Crippen LogP contribution in [0.5, 0.6) is 0 Å². The maximum Gasteiger partial charge on any atom is 0.416 e. The lowest BCUT2D eigenvalue weighted by atomic mass is 9.94. The Kier molecular flexibility index (Phi) is 5.27. The third kappa shape index (κ3) is 3.77. The number of hydrogen-bond acceptors (Lipinski definition) is 2. The molecule has 1 saturated heterocycles. The van der Waals surface area contributed by atoms with Gasteiger partial charge in [0.05, 0.1) is 5.56 Å². The highest BCUT2D eigenvalue weighted by atomic mass is 19.4. The van der Waals surface area contributed by atoms with Crippen LogP contribution in [0.2, 0.25) is 0 Å². The van der Waals surface area contributed by atoms with Gasteiger partial charge in [0, 0.05) is 18.6 Å². The first-order valence-corrected chi connectivity index (χ1v) is 7.51. The van der Waals surface area contributed by atoms with Crippen LogP contribution in [0, 0.1) is 0 Å². The number of nitrogens with one attached hydrogen (secondary N) is 1.